The minimum absolute atomic E-state index is 0.386. The average molecular weight is 278 g/mol. The van der Waals surface area contributed by atoms with Gasteiger partial charge in [0.15, 0.2) is 5.17 Å². The Labute approximate surface area is 114 Å². The fourth-order valence-corrected chi connectivity index (χ4v) is 2.34. The van der Waals surface area contributed by atoms with Crippen LogP contribution >= 0.6 is 11.8 Å². The molecule has 0 aliphatic heterocycles. The fourth-order valence-electron chi connectivity index (χ4n) is 1.67. The van der Waals surface area contributed by atoms with E-state index in [4.69, 9.17) is 14.9 Å². The highest BCUT2D eigenvalue weighted by atomic mass is 32.2. The summed E-state index contributed by atoms with van der Waals surface area (Å²) in [5.74, 6) is 1.22. The third-order valence-electron chi connectivity index (χ3n) is 2.63. The molecule has 19 heavy (non-hydrogen) atoms. The Morgan fingerprint density at radius 1 is 1.47 bits per heavy atom. The maximum atomic E-state index is 11.5. The summed E-state index contributed by atoms with van der Waals surface area (Å²) in [6.45, 7) is 0. The van der Waals surface area contributed by atoms with Crippen LogP contribution in [0.2, 0.25) is 0 Å². The first-order valence-corrected chi connectivity index (χ1v) is 6.58. The van der Waals surface area contributed by atoms with Crippen LogP contribution in [-0.4, -0.2) is 19.3 Å². The molecule has 0 bridgehead atoms. The van der Waals surface area contributed by atoms with E-state index >= 15 is 0 Å². The second-order valence-electron chi connectivity index (χ2n) is 3.80. The lowest BCUT2D eigenvalue weighted by atomic mass is 10.1. The van der Waals surface area contributed by atoms with Crippen LogP contribution in [0.4, 0.5) is 0 Å². The van der Waals surface area contributed by atoms with E-state index in [1.165, 1.54) is 17.8 Å². The number of nitrogens with two attached hydrogens (primary N) is 1. The molecule has 100 valence electrons. The average Bonchev–Trinajstić information content (AvgIpc) is 2.43. The van der Waals surface area contributed by atoms with E-state index in [0.717, 1.165) is 10.9 Å². The molecule has 0 radical (unpaired) electrons. The first-order valence-electron chi connectivity index (χ1n) is 5.60. The molecule has 2 N–H and O–H groups in total. The smallest absolute Gasteiger partial charge is 0.336 e. The van der Waals surface area contributed by atoms with Crippen LogP contribution in [-0.2, 0) is 5.75 Å². The van der Waals surface area contributed by atoms with Crippen LogP contribution in [0.3, 0.4) is 0 Å². The number of benzene rings is 1. The van der Waals surface area contributed by atoms with E-state index in [2.05, 4.69) is 4.99 Å². The molecule has 2 aromatic rings. The quantitative estimate of drug-likeness (QED) is 0.527. The minimum Gasteiger partial charge on any atom is -0.497 e. The summed E-state index contributed by atoms with van der Waals surface area (Å²) in [6, 6.07) is 6.87. The normalized spacial score (nSPS) is 11.8. The maximum absolute atomic E-state index is 11.5. The van der Waals surface area contributed by atoms with Crippen molar-refractivity contribution in [2.24, 2.45) is 10.7 Å². The number of fused-ring (bicyclic) bond motifs is 1. The van der Waals surface area contributed by atoms with Crippen molar-refractivity contribution in [1.82, 2.24) is 0 Å². The molecule has 0 amide bonds. The van der Waals surface area contributed by atoms with E-state index in [1.54, 1.807) is 20.2 Å². The van der Waals surface area contributed by atoms with Gasteiger partial charge < -0.3 is 14.9 Å². The number of aliphatic imine (C=N–C) groups is 1. The van der Waals surface area contributed by atoms with Crippen LogP contribution < -0.4 is 16.1 Å². The number of methoxy groups -OCH3 is 1. The Hall–Kier alpha value is -1.95. The number of rotatable bonds is 3. The van der Waals surface area contributed by atoms with Gasteiger partial charge in [0.1, 0.15) is 11.3 Å². The molecule has 0 spiro atoms. The largest absolute Gasteiger partial charge is 0.497 e. The second-order valence-corrected chi connectivity index (χ2v) is 4.80. The van der Waals surface area contributed by atoms with Crippen molar-refractivity contribution in [2.45, 2.75) is 5.75 Å². The van der Waals surface area contributed by atoms with Crippen LogP contribution in [0.25, 0.3) is 11.0 Å². The summed E-state index contributed by atoms with van der Waals surface area (Å²) in [5.41, 5.74) is 6.63. The van der Waals surface area contributed by atoms with Gasteiger partial charge in [-0.05, 0) is 17.7 Å². The number of nitrogens with zero attached hydrogens (tertiary/aromatic N) is 1. The van der Waals surface area contributed by atoms with Crippen LogP contribution in [0.5, 0.6) is 5.75 Å². The third-order valence-corrected chi connectivity index (χ3v) is 3.57. The van der Waals surface area contributed by atoms with Gasteiger partial charge in [0, 0.05) is 30.3 Å². The molecule has 0 unspecified atom stereocenters. The highest BCUT2D eigenvalue weighted by Crippen LogP contribution is 2.25. The van der Waals surface area contributed by atoms with E-state index < -0.39 is 0 Å². The van der Waals surface area contributed by atoms with Crippen molar-refractivity contribution in [3.8, 4) is 5.75 Å². The van der Waals surface area contributed by atoms with Gasteiger partial charge in [-0.2, -0.15) is 0 Å². The standard InChI is InChI=1S/C13H14N2O3S/c1-15-13(14)19-7-8-5-12(16)18-11-6-9(17-2)3-4-10(8)11/h3-6H,7H2,1-2H3,(H2,14,15). The topological polar surface area (TPSA) is 77.8 Å². The molecular formula is C13H14N2O3S. The SMILES string of the molecule is CN=C(N)SCc1cc(=O)oc2cc(OC)ccc12. The summed E-state index contributed by atoms with van der Waals surface area (Å²) in [7, 11) is 3.20. The molecule has 2 rings (SSSR count). The minimum atomic E-state index is -0.386. The number of thioether (sulfide) groups is 1. The zero-order valence-corrected chi connectivity index (χ0v) is 11.5. The molecule has 0 fully saturated rings. The third kappa shape index (κ3) is 3.08. The number of amidine groups is 1. The second kappa shape index (κ2) is 5.79. The lowest BCUT2D eigenvalue weighted by Crippen LogP contribution is -2.07. The Bertz CT molecular complexity index is 679. The van der Waals surface area contributed by atoms with Gasteiger partial charge in [-0.1, -0.05) is 11.8 Å². The Morgan fingerprint density at radius 2 is 2.26 bits per heavy atom. The lowest BCUT2D eigenvalue weighted by Gasteiger charge is -2.06. The van der Waals surface area contributed by atoms with Gasteiger partial charge in [0.2, 0.25) is 0 Å². The molecule has 0 aliphatic rings. The van der Waals surface area contributed by atoms with Gasteiger partial charge in [0.05, 0.1) is 7.11 Å². The maximum Gasteiger partial charge on any atom is 0.336 e. The van der Waals surface area contributed by atoms with Crippen molar-refractivity contribution in [3.63, 3.8) is 0 Å². The lowest BCUT2D eigenvalue weighted by molar-refractivity contribution is 0.414. The Morgan fingerprint density at radius 3 is 2.95 bits per heavy atom. The Kier molecular flexibility index (Phi) is 4.11. The van der Waals surface area contributed by atoms with Crippen molar-refractivity contribution in [2.75, 3.05) is 14.2 Å². The van der Waals surface area contributed by atoms with Gasteiger partial charge in [-0.3, -0.25) is 4.99 Å². The molecule has 0 saturated heterocycles. The fraction of sp³-hybridized carbons (Fsp3) is 0.231. The van der Waals surface area contributed by atoms with E-state index in [1.807, 2.05) is 12.1 Å². The number of hydrogen-bond acceptors (Lipinski definition) is 5. The van der Waals surface area contributed by atoms with Gasteiger partial charge in [-0.25, -0.2) is 4.79 Å². The summed E-state index contributed by atoms with van der Waals surface area (Å²) >= 11 is 1.38. The summed E-state index contributed by atoms with van der Waals surface area (Å²) in [4.78, 5) is 15.4. The van der Waals surface area contributed by atoms with E-state index in [-0.39, 0.29) is 5.63 Å². The van der Waals surface area contributed by atoms with Crippen molar-refractivity contribution in [1.29, 1.82) is 0 Å². The molecule has 5 nitrogen and oxygen atoms in total. The molecule has 0 saturated carbocycles. The number of ether oxygens (including phenoxy) is 1. The molecule has 0 atom stereocenters. The van der Waals surface area contributed by atoms with Crippen LogP contribution in [0, 0.1) is 0 Å². The summed E-state index contributed by atoms with van der Waals surface area (Å²) in [5, 5.41) is 1.35. The Balaban J connectivity index is 2.45. The van der Waals surface area contributed by atoms with Gasteiger partial charge >= 0.3 is 5.63 Å². The summed E-state index contributed by atoms with van der Waals surface area (Å²) in [6.07, 6.45) is 0. The van der Waals surface area contributed by atoms with E-state index in [9.17, 15) is 4.79 Å². The first-order chi connectivity index (χ1) is 9.13. The first kappa shape index (κ1) is 13.5. The van der Waals surface area contributed by atoms with E-state index in [0.29, 0.717) is 22.3 Å². The highest BCUT2D eigenvalue weighted by Gasteiger charge is 2.07. The number of hydrogen-bond donors (Lipinski definition) is 1. The molecular weight excluding hydrogens is 264 g/mol. The van der Waals surface area contributed by atoms with Gasteiger partial charge in [0.25, 0.3) is 0 Å². The van der Waals surface area contributed by atoms with Crippen LogP contribution in [0.15, 0.2) is 38.5 Å². The zero-order chi connectivity index (χ0) is 13.8. The van der Waals surface area contributed by atoms with Crippen molar-refractivity contribution >= 4 is 27.9 Å². The van der Waals surface area contributed by atoms with Crippen molar-refractivity contribution < 1.29 is 9.15 Å². The highest BCUT2D eigenvalue weighted by molar-refractivity contribution is 8.13. The zero-order valence-electron chi connectivity index (χ0n) is 10.7. The molecule has 1 aromatic carbocycles. The molecule has 1 heterocycles. The predicted molar refractivity (Wildman–Crippen MR) is 77.9 cm³/mol. The monoisotopic (exact) mass is 278 g/mol. The molecule has 0 aliphatic carbocycles. The van der Waals surface area contributed by atoms with Crippen LogP contribution in [0.1, 0.15) is 5.56 Å². The predicted octanol–water partition coefficient (Wildman–Crippen LogP) is 1.98. The van der Waals surface area contributed by atoms with Gasteiger partial charge in [-0.15, -0.1) is 0 Å². The molecule has 6 heteroatoms. The molecule has 1 aromatic heterocycles. The van der Waals surface area contributed by atoms with Crippen molar-refractivity contribution in [3.05, 3.63) is 40.2 Å². The summed E-state index contributed by atoms with van der Waals surface area (Å²) < 4.78 is 10.3.